The number of aromatic nitrogens is 4. The van der Waals surface area contributed by atoms with Gasteiger partial charge in [0.25, 0.3) is 5.92 Å². The van der Waals surface area contributed by atoms with Crippen LogP contribution in [-0.4, -0.2) is 56.6 Å². The Morgan fingerprint density at radius 3 is 2.54 bits per heavy atom. The maximum Gasteiger partial charge on any atom is 0.471 e. The van der Waals surface area contributed by atoms with Gasteiger partial charge < -0.3 is 14.8 Å². The minimum atomic E-state index is -4.71. The molecule has 2 aromatic carbocycles. The normalized spacial score (nSPS) is 18.7. The van der Waals surface area contributed by atoms with E-state index in [0.29, 0.717) is 36.5 Å². The smallest absolute Gasteiger partial charge is 0.347 e. The van der Waals surface area contributed by atoms with Crippen LogP contribution in [-0.2, 0) is 12.6 Å². The number of rotatable bonds is 6. The zero-order valence-corrected chi connectivity index (χ0v) is 18.3. The number of likely N-dealkylation sites (tertiary alicyclic amines) is 1. The Morgan fingerprint density at radius 2 is 1.86 bits per heavy atom. The number of H-pyrrole nitrogens is 1. The minimum Gasteiger partial charge on any atom is -0.347 e. The Labute approximate surface area is 196 Å². The summed E-state index contributed by atoms with van der Waals surface area (Å²) in [6.07, 6.45) is -3.94. The monoisotopic (exact) mass is 492 g/mol. The minimum absolute atomic E-state index is 0.164. The van der Waals surface area contributed by atoms with E-state index in [2.05, 4.69) is 29.9 Å². The number of imidazole rings is 1. The Balaban J connectivity index is 1.16. The highest BCUT2D eigenvalue weighted by atomic mass is 19.4. The average molecular weight is 492 g/mol. The molecule has 1 saturated heterocycles. The molecule has 1 aliphatic rings. The summed E-state index contributed by atoms with van der Waals surface area (Å²) in [6.45, 7) is 0.535. The summed E-state index contributed by atoms with van der Waals surface area (Å²) in [5.41, 5.74) is 2.72. The number of aromatic amines is 1. The maximum atomic E-state index is 14.9. The topological polar surface area (TPSA) is 82.9 Å². The first-order valence-electron chi connectivity index (χ1n) is 11.0. The quantitative estimate of drug-likeness (QED) is 0.369. The van der Waals surface area contributed by atoms with Crippen LogP contribution < -0.4 is 5.32 Å². The molecule has 12 heteroatoms. The van der Waals surface area contributed by atoms with Crippen molar-refractivity contribution in [2.45, 2.75) is 31.0 Å². The van der Waals surface area contributed by atoms with E-state index < -0.39 is 24.0 Å². The van der Waals surface area contributed by atoms with Crippen molar-refractivity contribution < 1.29 is 26.5 Å². The standard InChI is InChI=1S/C23H21F5N6O/c24-22(25)13-34(12-10-18(22)31-21-29-16-3-1-2-4-17(16)30-21)11-9-14-5-7-15(8-6-14)19-32-20(35-33-19)23(26,27)28/h1-8,18H,9-13H2,(H2,29,30,31). The molecule has 5 rings (SSSR count). The van der Waals surface area contributed by atoms with Crippen LogP contribution in [0.5, 0.6) is 0 Å². The fourth-order valence-corrected chi connectivity index (χ4v) is 4.13. The van der Waals surface area contributed by atoms with Crippen molar-refractivity contribution in [3.05, 3.63) is 60.0 Å². The Morgan fingerprint density at radius 1 is 1.09 bits per heavy atom. The largest absolute Gasteiger partial charge is 0.471 e. The van der Waals surface area contributed by atoms with Crippen LogP contribution in [0.3, 0.4) is 0 Å². The van der Waals surface area contributed by atoms with Gasteiger partial charge in [-0.2, -0.15) is 18.2 Å². The summed E-state index contributed by atoms with van der Waals surface area (Å²) in [7, 11) is 0. The molecule has 0 aliphatic carbocycles. The van der Waals surface area contributed by atoms with Crippen molar-refractivity contribution in [1.29, 1.82) is 0 Å². The van der Waals surface area contributed by atoms with Crippen molar-refractivity contribution in [1.82, 2.24) is 25.0 Å². The van der Waals surface area contributed by atoms with Crippen LogP contribution in [0, 0.1) is 0 Å². The molecule has 3 heterocycles. The third-order valence-electron chi connectivity index (χ3n) is 5.98. The molecule has 184 valence electrons. The Hall–Kier alpha value is -3.54. The zero-order valence-electron chi connectivity index (χ0n) is 18.3. The van der Waals surface area contributed by atoms with Crippen molar-refractivity contribution in [2.24, 2.45) is 0 Å². The van der Waals surface area contributed by atoms with E-state index >= 15 is 0 Å². The highest BCUT2D eigenvalue weighted by molar-refractivity contribution is 5.77. The molecular formula is C23H21F5N6O. The third kappa shape index (κ3) is 5.11. The zero-order chi connectivity index (χ0) is 24.6. The van der Waals surface area contributed by atoms with E-state index in [1.165, 1.54) is 0 Å². The lowest BCUT2D eigenvalue weighted by Crippen LogP contribution is -2.54. The van der Waals surface area contributed by atoms with Crippen LogP contribution in [0.2, 0.25) is 0 Å². The van der Waals surface area contributed by atoms with Gasteiger partial charge in [0.2, 0.25) is 11.8 Å². The van der Waals surface area contributed by atoms with Crippen molar-refractivity contribution >= 4 is 17.0 Å². The molecule has 1 atom stereocenters. The summed E-state index contributed by atoms with van der Waals surface area (Å²) < 4.78 is 71.9. The van der Waals surface area contributed by atoms with Crippen molar-refractivity contribution in [3.8, 4) is 11.4 Å². The first kappa shape index (κ1) is 23.2. The number of nitrogens with zero attached hydrogens (tertiary/aromatic N) is 4. The van der Waals surface area contributed by atoms with Gasteiger partial charge in [0, 0.05) is 18.7 Å². The number of fused-ring (bicyclic) bond motifs is 1. The van der Waals surface area contributed by atoms with Crippen molar-refractivity contribution in [3.63, 3.8) is 0 Å². The summed E-state index contributed by atoms with van der Waals surface area (Å²) in [6, 6.07) is 12.9. The molecule has 0 spiro atoms. The molecule has 0 bridgehead atoms. The number of nitrogens with one attached hydrogen (secondary N) is 2. The first-order chi connectivity index (χ1) is 16.7. The second kappa shape index (κ2) is 8.91. The van der Waals surface area contributed by atoms with Crippen LogP contribution in [0.4, 0.5) is 27.9 Å². The number of hydrogen-bond acceptors (Lipinski definition) is 6. The van der Waals surface area contributed by atoms with Crippen molar-refractivity contribution in [2.75, 3.05) is 25.0 Å². The Bertz CT molecular complexity index is 1270. The SMILES string of the molecule is FC(F)(F)c1nc(-c2ccc(CCN3CCC(Nc4nc5ccccc5[nH]4)C(F)(F)C3)cc2)no1. The molecule has 4 aromatic rings. The summed E-state index contributed by atoms with van der Waals surface area (Å²) in [4.78, 5) is 12.4. The lowest BCUT2D eigenvalue weighted by Gasteiger charge is -2.38. The molecule has 1 fully saturated rings. The van der Waals surface area contributed by atoms with E-state index in [-0.39, 0.29) is 18.8 Å². The van der Waals surface area contributed by atoms with Crippen LogP contribution in [0.15, 0.2) is 53.1 Å². The lowest BCUT2D eigenvalue weighted by atomic mass is 10.00. The maximum absolute atomic E-state index is 14.9. The third-order valence-corrected chi connectivity index (χ3v) is 5.98. The van der Waals surface area contributed by atoms with Gasteiger partial charge in [-0.3, -0.25) is 4.90 Å². The highest BCUT2D eigenvalue weighted by Gasteiger charge is 2.44. The van der Waals surface area contributed by atoms with E-state index in [1.807, 2.05) is 24.3 Å². The van der Waals surface area contributed by atoms with E-state index in [1.54, 1.807) is 29.2 Å². The first-order valence-corrected chi connectivity index (χ1v) is 11.0. The summed E-state index contributed by atoms with van der Waals surface area (Å²) >= 11 is 0. The van der Waals surface area contributed by atoms with Crippen LogP contribution >= 0.6 is 0 Å². The van der Waals surface area contributed by atoms with E-state index in [0.717, 1.165) is 11.1 Å². The van der Waals surface area contributed by atoms with Gasteiger partial charge in [-0.15, -0.1) is 0 Å². The van der Waals surface area contributed by atoms with Gasteiger partial charge in [-0.05, 0) is 30.5 Å². The number of para-hydroxylation sites is 2. The molecule has 0 radical (unpaired) electrons. The van der Waals surface area contributed by atoms with Gasteiger partial charge in [0.05, 0.1) is 23.6 Å². The fourth-order valence-electron chi connectivity index (χ4n) is 4.13. The molecule has 35 heavy (non-hydrogen) atoms. The van der Waals surface area contributed by atoms with Gasteiger partial charge in [0.15, 0.2) is 0 Å². The molecular weight excluding hydrogens is 471 g/mol. The summed E-state index contributed by atoms with van der Waals surface area (Å²) in [5, 5.41) is 6.21. The second-order valence-electron chi connectivity index (χ2n) is 8.49. The number of hydrogen-bond donors (Lipinski definition) is 2. The highest BCUT2D eigenvalue weighted by Crippen LogP contribution is 2.31. The average Bonchev–Trinajstić information content (AvgIpc) is 3.46. The lowest BCUT2D eigenvalue weighted by molar-refractivity contribution is -0.159. The number of halogens is 5. The number of piperidine rings is 1. The summed E-state index contributed by atoms with van der Waals surface area (Å²) in [5.74, 6) is -4.19. The number of alkyl halides is 5. The van der Waals surface area contributed by atoms with E-state index in [9.17, 15) is 22.0 Å². The molecule has 2 N–H and O–H groups in total. The second-order valence-corrected chi connectivity index (χ2v) is 8.49. The van der Waals surface area contributed by atoms with Crippen LogP contribution in [0.25, 0.3) is 22.4 Å². The predicted molar refractivity (Wildman–Crippen MR) is 118 cm³/mol. The number of benzene rings is 2. The molecule has 2 aromatic heterocycles. The van der Waals surface area contributed by atoms with Gasteiger partial charge >= 0.3 is 12.1 Å². The molecule has 1 aliphatic heterocycles. The van der Waals surface area contributed by atoms with Gasteiger partial charge in [0.1, 0.15) is 0 Å². The van der Waals surface area contributed by atoms with Gasteiger partial charge in [-0.25, -0.2) is 13.8 Å². The Kier molecular flexibility index (Phi) is 5.91. The molecule has 7 nitrogen and oxygen atoms in total. The number of anilines is 1. The van der Waals surface area contributed by atoms with Gasteiger partial charge in [-0.1, -0.05) is 41.6 Å². The molecule has 1 unspecified atom stereocenters. The molecule has 0 amide bonds. The predicted octanol–water partition coefficient (Wildman–Crippen LogP) is 5.00. The molecule has 0 saturated carbocycles. The van der Waals surface area contributed by atoms with Crippen LogP contribution in [0.1, 0.15) is 17.9 Å². The van der Waals surface area contributed by atoms with E-state index in [4.69, 9.17) is 0 Å². The fraction of sp³-hybridized carbons (Fsp3) is 0.348.